The molecule has 1 fully saturated rings. The Kier molecular flexibility index (Phi) is 19.4. The van der Waals surface area contributed by atoms with Gasteiger partial charge >= 0.3 is 0 Å². The van der Waals surface area contributed by atoms with Crippen LogP contribution in [0.3, 0.4) is 0 Å². The third-order valence-electron chi connectivity index (χ3n) is 8.43. The summed E-state index contributed by atoms with van der Waals surface area (Å²) in [7, 11) is 0. The fourth-order valence-electron chi connectivity index (χ4n) is 6.13. The molecule has 0 aromatic heterocycles. The number of benzene rings is 2. The maximum absolute atomic E-state index is 13.0. The number of rotatable bonds is 14. The number of aryl methyl sites for hydroxylation is 2. The van der Waals surface area contributed by atoms with E-state index in [2.05, 4.69) is 63.2 Å². The number of carbonyl (C=O) groups is 2. The van der Waals surface area contributed by atoms with Crippen molar-refractivity contribution in [1.82, 2.24) is 0 Å². The van der Waals surface area contributed by atoms with Crippen LogP contribution < -0.4 is 0 Å². The molecule has 0 heterocycles. The highest BCUT2D eigenvalue weighted by molar-refractivity contribution is 5.96. The summed E-state index contributed by atoms with van der Waals surface area (Å²) in [5, 5.41) is 0. The summed E-state index contributed by atoms with van der Waals surface area (Å²) >= 11 is 0. The summed E-state index contributed by atoms with van der Waals surface area (Å²) in [6.07, 6.45) is 19.2. The second-order valence-electron chi connectivity index (χ2n) is 11.2. The van der Waals surface area contributed by atoms with Gasteiger partial charge < -0.3 is 0 Å². The van der Waals surface area contributed by atoms with Crippen LogP contribution in [0.2, 0.25) is 0 Å². The zero-order valence-corrected chi connectivity index (χ0v) is 28.2. The fraction of sp³-hybridized carbons (Fsp3) is 0.550. The quantitative estimate of drug-likeness (QED) is 0.167. The van der Waals surface area contributed by atoms with E-state index in [1.807, 2.05) is 58.9 Å². The number of allylic oxidation sites excluding steroid dienone is 3. The third kappa shape index (κ3) is 12.6. The molecular formula is C40H60O2. The van der Waals surface area contributed by atoms with Crippen LogP contribution in [0, 0.1) is 24.7 Å². The molecule has 1 aliphatic carbocycles. The van der Waals surface area contributed by atoms with Crippen molar-refractivity contribution in [2.45, 2.75) is 126 Å². The number of Topliss-reactive ketones (excluding diaryl/α,β-unsaturated/α-hetero) is 1. The van der Waals surface area contributed by atoms with Crippen LogP contribution in [0.15, 0.2) is 60.7 Å². The minimum absolute atomic E-state index is 0.182. The van der Waals surface area contributed by atoms with Gasteiger partial charge in [-0.25, -0.2) is 0 Å². The summed E-state index contributed by atoms with van der Waals surface area (Å²) in [6, 6.07) is 14.7. The first-order valence-corrected chi connectivity index (χ1v) is 17.0. The first kappa shape index (κ1) is 37.3. The van der Waals surface area contributed by atoms with E-state index in [-0.39, 0.29) is 11.7 Å². The van der Waals surface area contributed by atoms with Gasteiger partial charge in [0.05, 0.1) is 0 Å². The average Bonchev–Trinajstić information content (AvgIpc) is 3.03. The highest BCUT2D eigenvalue weighted by atomic mass is 16.1. The lowest BCUT2D eigenvalue weighted by Gasteiger charge is -2.33. The maximum atomic E-state index is 13.0. The van der Waals surface area contributed by atoms with Crippen LogP contribution in [0.4, 0.5) is 0 Å². The highest BCUT2D eigenvalue weighted by Gasteiger charge is 2.29. The largest absolute Gasteiger partial charge is 0.295 e. The number of hydrogen-bond acceptors (Lipinski definition) is 2. The standard InChI is InChI=1S/C36H48O2.2C2H6/c1-5-10-30(13-9-15-36(38)34-25-20-29(7-3)33(26-34)11-6-2)31-21-23-32(24-22-31)35(37)14-8-12-28-18-16-27(4)17-19-28;2*1-2/h6,8,11,14,16-20,25-26,30-32H,5,7,9-10,12-13,15,21-24H2,1-4H3;2*1-2H3/b11-6-,14-8-;;. The summed E-state index contributed by atoms with van der Waals surface area (Å²) in [4.78, 5) is 25.8. The van der Waals surface area contributed by atoms with E-state index in [4.69, 9.17) is 0 Å². The van der Waals surface area contributed by atoms with Gasteiger partial charge in [0.2, 0.25) is 0 Å². The van der Waals surface area contributed by atoms with Crippen molar-refractivity contribution in [3.63, 3.8) is 0 Å². The minimum atomic E-state index is 0.182. The Bertz CT molecular complexity index is 1080. The molecule has 1 unspecified atom stereocenters. The van der Waals surface area contributed by atoms with Crippen molar-refractivity contribution in [1.29, 1.82) is 0 Å². The van der Waals surface area contributed by atoms with Gasteiger partial charge in [-0.05, 0) is 106 Å². The summed E-state index contributed by atoms with van der Waals surface area (Å²) in [5.41, 5.74) is 5.82. The number of hydrogen-bond donors (Lipinski definition) is 0. The third-order valence-corrected chi connectivity index (χ3v) is 8.43. The Morgan fingerprint density at radius 1 is 0.905 bits per heavy atom. The molecule has 2 heteroatoms. The van der Waals surface area contributed by atoms with Crippen LogP contribution >= 0.6 is 0 Å². The van der Waals surface area contributed by atoms with Gasteiger partial charge in [0.25, 0.3) is 0 Å². The first-order valence-electron chi connectivity index (χ1n) is 17.0. The van der Waals surface area contributed by atoms with Crippen LogP contribution in [0.5, 0.6) is 0 Å². The lowest BCUT2D eigenvalue weighted by Crippen LogP contribution is -2.25. The zero-order valence-electron chi connectivity index (χ0n) is 28.2. The normalized spacial score (nSPS) is 17.2. The zero-order chi connectivity index (χ0) is 31.3. The summed E-state index contributed by atoms with van der Waals surface area (Å²) < 4.78 is 0. The van der Waals surface area contributed by atoms with Crippen molar-refractivity contribution < 1.29 is 9.59 Å². The molecule has 1 atom stereocenters. The molecule has 0 aliphatic heterocycles. The van der Waals surface area contributed by atoms with Crippen molar-refractivity contribution in [2.24, 2.45) is 17.8 Å². The van der Waals surface area contributed by atoms with Crippen LogP contribution in [-0.4, -0.2) is 11.6 Å². The Balaban J connectivity index is 0.00000211. The fourth-order valence-corrected chi connectivity index (χ4v) is 6.13. The van der Waals surface area contributed by atoms with E-state index < -0.39 is 0 Å². The van der Waals surface area contributed by atoms with E-state index in [0.29, 0.717) is 24.0 Å². The van der Waals surface area contributed by atoms with Crippen molar-refractivity contribution in [3.8, 4) is 0 Å². The second kappa shape index (κ2) is 21.9. The van der Waals surface area contributed by atoms with Gasteiger partial charge in [0.1, 0.15) is 0 Å². The molecule has 0 saturated heterocycles. The number of carbonyl (C=O) groups excluding carboxylic acids is 2. The molecule has 0 N–H and O–H groups in total. The molecule has 0 radical (unpaired) electrons. The van der Waals surface area contributed by atoms with Gasteiger partial charge in [0.15, 0.2) is 11.6 Å². The van der Waals surface area contributed by atoms with E-state index in [1.165, 1.54) is 35.1 Å². The average molecular weight is 573 g/mol. The monoisotopic (exact) mass is 572 g/mol. The summed E-state index contributed by atoms with van der Waals surface area (Å²) in [6.45, 7) is 16.5. The van der Waals surface area contributed by atoms with Crippen LogP contribution in [-0.2, 0) is 17.6 Å². The maximum Gasteiger partial charge on any atom is 0.162 e. The van der Waals surface area contributed by atoms with Gasteiger partial charge in [-0.3, -0.25) is 9.59 Å². The predicted octanol–water partition coefficient (Wildman–Crippen LogP) is 11.6. The predicted molar refractivity (Wildman–Crippen MR) is 184 cm³/mol. The Labute approximate surface area is 259 Å². The van der Waals surface area contributed by atoms with Gasteiger partial charge in [-0.15, -0.1) is 0 Å². The van der Waals surface area contributed by atoms with Crippen molar-refractivity contribution in [3.05, 3.63) is 88.5 Å². The molecule has 1 aliphatic rings. The topological polar surface area (TPSA) is 34.1 Å². The Hall–Kier alpha value is -2.74. The molecule has 2 nitrogen and oxygen atoms in total. The summed E-state index contributed by atoms with van der Waals surface area (Å²) in [5.74, 6) is 2.11. The first-order chi connectivity index (χ1) is 20.4. The molecule has 2 aromatic carbocycles. The molecule has 42 heavy (non-hydrogen) atoms. The lowest BCUT2D eigenvalue weighted by molar-refractivity contribution is -0.119. The smallest absolute Gasteiger partial charge is 0.162 e. The van der Waals surface area contributed by atoms with E-state index >= 15 is 0 Å². The van der Waals surface area contributed by atoms with Crippen LogP contribution in [0.1, 0.15) is 139 Å². The SMILES string of the molecule is C/C=C\c1cc(C(=O)CCCC(CCC)C2CCC(C(=O)/C=C\Cc3ccc(C)cc3)CC2)ccc1CC.CC.CC. The minimum Gasteiger partial charge on any atom is -0.295 e. The Morgan fingerprint density at radius 2 is 1.57 bits per heavy atom. The second-order valence-corrected chi connectivity index (χ2v) is 11.2. The highest BCUT2D eigenvalue weighted by Crippen LogP contribution is 2.38. The molecular weight excluding hydrogens is 512 g/mol. The van der Waals surface area contributed by atoms with E-state index in [1.54, 1.807) is 0 Å². The van der Waals surface area contributed by atoms with Crippen LogP contribution in [0.25, 0.3) is 6.08 Å². The van der Waals surface area contributed by atoms with Gasteiger partial charge in [0, 0.05) is 17.9 Å². The van der Waals surface area contributed by atoms with Crippen molar-refractivity contribution in [2.75, 3.05) is 0 Å². The molecule has 2 aromatic rings. The van der Waals surface area contributed by atoms with Crippen molar-refractivity contribution >= 4 is 17.6 Å². The van der Waals surface area contributed by atoms with E-state index in [9.17, 15) is 9.59 Å². The van der Waals surface area contributed by atoms with Gasteiger partial charge in [-0.1, -0.05) is 115 Å². The number of ketones is 2. The van der Waals surface area contributed by atoms with Gasteiger partial charge in [-0.2, -0.15) is 0 Å². The Morgan fingerprint density at radius 3 is 2.17 bits per heavy atom. The molecule has 1 saturated carbocycles. The molecule has 0 bridgehead atoms. The molecule has 0 amide bonds. The molecule has 232 valence electrons. The molecule has 3 rings (SSSR count). The molecule has 0 spiro atoms. The van der Waals surface area contributed by atoms with E-state index in [0.717, 1.165) is 56.9 Å². The lowest BCUT2D eigenvalue weighted by atomic mass is 9.72.